The van der Waals surface area contributed by atoms with Crippen molar-refractivity contribution in [3.8, 4) is 5.75 Å². The lowest BCUT2D eigenvalue weighted by Crippen LogP contribution is -2.23. The summed E-state index contributed by atoms with van der Waals surface area (Å²) in [6.45, 7) is 9.79. The molecule has 5 heteroatoms. The van der Waals surface area contributed by atoms with Crippen LogP contribution < -0.4 is 15.8 Å². The zero-order chi connectivity index (χ0) is 22.6. The largest absolute Gasteiger partial charge is 0.441 e. The zero-order valence-electron chi connectivity index (χ0n) is 19.4. The van der Waals surface area contributed by atoms with Crippen LogP contribution >= 0.6 is 0 Å². The minimum atomic E-state index is -0.447. The molecule has 1 unspecified atom stereocenters. The Bertz CT molecular complexity index is 835. The van der Waals surface area contributed by atoms with Crippen molar-refractivity contribution in [3.05, 3.63) is 77.2 Å². The van der Waals surface area contributed by atoms with E-state index >= 15 is 0 Å². The number of allylic oxidation sites excluding steroid dienone is 5. The summed E-state index contributed by atoms with van der Waals surface area (Å²) < 4.78 is 5.85. The van der Waals surface area contributed by atoms with Gasteiger partial charge >= 0.3 is 0 Å². The van der Waals surface area contributed by atoms with Gasteiger partial charge in [0.05, 0.1) is 0 Å². The van der Waals surface area contributed by atoms with E-state index in [1.54, 1.807) is 29.8 Å². The number of carbonyl (C=O) groups excluding carboxylic acids is 1. The number of ether oxygens (including phenoxy) is 1. The lowest BCUT2D eigenvalue weighted by Gasteiger charge is -2.17. The summed E-state index contributed by atoms with van der Waals surface area (Å²) in [4.78, 5) is 13.7. The Morgan fingerprint density at radius 1 is 1.23 bits per heavy atom. The van der Waals surface area contributed by atoms with Crippen LogP contribution in [0, 0.1) is 5.92 Å². The first-order valence-electron chi connectivity index (χ1n) is 11.2. The van der Waals surface area contributed by atoms with E-state index in [9.17, 15) is 4.79 Å². The van der Waals surface area contributed by atoms with Crippen LogP contribution in [0.15, 0.2) is 71.7 Å². The average Bonchev–Trinajstić information content (AvgIpc) is 3.22. The molecule has 1 fully saturated rings. The van der Waals surface area contributed by atoms with Gasteiger partial charge in [0.15, 0.2) is 5.88 Å². The average molecular weight is 424 g/mol. The number of rotatable bonds is 11. The maximum atomic E-state index is 11.2. The number of nitrogens with zero attached hydrogens (tertiary/aromatic N) is 1. The molecule has 1 aliphatic rings. The molecule has 0 spiro atoms. The highest BCUT2D eigenvalue weighted by Crippen LogP contribution is 2.26. The summed E-state index contributed by atoms with van der Waals surface area (Å²) in [7, 11) is 1.82. The number of likely N-dealkylation sites (tertiary alicyclic amines) is 1. The summed E-state index contributed by atoms with van der Waals surface area (Å²) in [5.74, 6) is 1.51. The van der Waals surface area contributed by atoms with E-state index < -0.39 is 5.91 Å². The molecule has 0 bridgehead atoms. The molecule has 1 aromatic carbocycles. The molecule has 168 valence electrons. The quantitative estimate of drug-likeness (QED) is 0.396. The molecular formula is C26H37N3O2. The highest BCUT2D eigenvalue weighted by atomic mass is 16.5. The molecule has 1 amide bonds. The molecule has 1 saturated heterocycles. The van der Waals surface area contributed by atoms with Crippen molar-refractivity contribution in [2.75, 3.05) is 26.7 Å². The summed E-state index contributed by atoms with van der Waals surface area (Å²) in [5, 5.41) is 3.07. The SMILES string of the molecule is CC/C=C\C=C(/CC)C1CCN(C/C(C)=C/C=C(\NC)Oc2ccc(C(N)=O)cc2)C1. The predicted molar refractivity (Wildman–Crippen MR) is 129 cm³/mol. The number of benzene rings is 1. The van der Waals surface area contributed by atoms with E-state index in [4.69, 9.17) is 10.5 Å². The van der Waals surface area contributed by atoms with Crippen molar-refractivity contribution in [3.63, 3.8) is 0 Å². The fraction of sp³-hybridized carbons (Fsp3) is 0.423. The number of hydrogen-bond donors (Lipinski definition) is 2. The number of nitrogens with one attached hydrogen (secondary N) is 1. The minimum absolute atomic E-state index is 0.447. The third-order valence-electron chi connectivity index (χ3n) is 5.49. The predicted octanol–water partition coefficient (Wildman–Crippen LogP) is 4.80. The molecule has 1 heterocycles. The third kappa shape index (κ3) is 8.10. The van der Waals surface area contributed by atoms with E-state index in [2.05, 4.69) is 55.3 Å². The smallest absolute Gasteiger partial charge is 0.248 e. The summed E-state index contributed by atoms with van der Waals surface area (Å²) in [5.41, 5.74) is 8.58. The molecule has 0 saturated carbocycles. The molecule has 31 heavy (non-hydrogen) atoms. The molecule has 5 nitrogen and oxygen atoms in total. The van der Waals surface area contributed by atoms with Crippen LogP contribution in [0.25, 0.3) is 0 Å². The second-order valence-electron chi connectivity index (χ2n) is 7.94. The van der Waals surface area contributed by atoms with Gasteiger partial charge in [0.25, 0.3) is 0 Å². The second-order valence-corrected chi connectivity index (χ2v) is 7.94. The molecular weight excluding hydrogens is 386 g/mol. The van der Waals surface area contributed by atoms with E-state index in [0.29, 0.717) is 23.1 Å². The van der Waals surface area contributed by atoms with E-state index in [-0.39, 0.29) is 0 Å². The van der Waals surface area contributed by atoms with Gasteiger partial charge in [0.2, 0.25) is 5.91 Å². The van der Waals surface area contributed by atoms with E-state index in [0.717, 1.165) is 32.5 Å². The second kappa shape index (κ2) is 12.8. The fourth-order valence-electron chi connectivity index (χ4n) is 3.76. The summed E-state index contributed by atoms with van der Waals surface area (Å²) in [6.07, 6.45) is 14.2. The van der Waals surface area contributed by atoms with Crippen LogP contribution in [0.5, 0.6) is 5.75 Å². The van der Waals surface area contributed by atoms with Gasteiger partial charge in [0.1, 0.15) is 5.75 Å². The Morgan fingerprint density at radius 2 is 1.97 bits per heavy atom. The standard InChI is InChI=1S/C26H37N3O2/c1-5-7-8-9-21(6-2)23-16-17-29(19-23)18-20(3)10-15-25(28-4)31-24-13-11-22(12-14-24)26(27)30/h7-15,23,28H,5-6,16-19H2,1-4H3,(H2,27,30)/b8-7-,20-10+,21-9+,25-15+. The van der Waals surface area contributed by atoms with Gasteiger partial charge in [-0.05, 0) is 69.0 Å². The van der Waals surface area contributed by atoms with Gasteiger partial charge in [0, 0.05) is 25.7 Å². The lowest BCUT2D eigenvalue weighted by atomic mass is 9.95. The topological polar surface area (TPSA) is 67.6 Å². The van der Waals surface area contributed by atoms with Crippen molar-refractivity contribution in [2.24, 2.45) is 11.7 Å². The van der Waals surface area contributed by atoms with Crippen molar-refractivity contribution in [2.45, 2.75) is 40.0 Å². The first-order valence-corrected chi connectivity index (χ1v) is 11.2. The van der Waals surface area contributed by atoms with Crippen LogP contribution in [0.2, 0.25) is 0 Å². The number of carbonyl (C=O) groups is 1. The third-order valence-corrected chi connectivity index (χ3v) is 5.49. The van der Waals surface area contributed by atoms with Gasteiger partial charge < -0.3 is 15.8 Å². The lowest BCUT2D eigenvalue weighted by molar-refractivity contribution is 0.100. The molecule has 1 aliphatic heterocycles. The summed E-state index contributed by atoms with van der Waals surface area (Å²) in [6, 6.07) is 6.79. The highest BCUT2D eigenvalue weighted by molar-refractivity contribution is 5.92. The molecule has 2 rings (SSSR count). The van der Waals surface area contributed by atoms with Gasteiger partial charge in [-0.1, -0.05) is 49.3 Å². The molecule has 3 N–H and O–H groups in total. The Balaban J connectivity index is 1.93. The van der Waals surface area contributed by atoms with Crippen LogP contribution in [0.1, 0.15) is 50.4 Å². The van der Waals surface area contributed by atoms with Crippen LogP contribution in [0.3, 0.4) is 0 Å². The monoisotopic (exact) mass is 423 g/mol. The van der Waals surface area contributed by atoms with Crippen molar-refractivity contribution in [1.29, 1.82) is 0 Å². The van der Waals surface area contributed by atoms with Gasteiger partial charge in [-0.2, -0.15) is 0 Å². The minimum Gasteiger partial charge on any atom is -0.441 e. The number of hydrogen-bond acceptors (Lipinski definition) is 4. The molecule has 0 radical (unpaired) electrons. The molecule has 1 atom stereocenters. The Labute approximate surface area is 187 Å². The Morgan fingerprint density at radius 3 is 2.58 bits per heavy atom. The van der Waals surface area contributed by atoms with E-state index in [1.807, 2.05) is 13.1 Å². The van der Waals surface area contributed by atoms with Crippen molar-refractivity contribution in [1.82, 2.24) is 10.2 Å². The van der Waals surface area contributed by atoms with Gasteiger partial charge in [-0.15, -0.1) is 0 Å². The van der Waals surface area contributed by atoms with Crippen molar-refractivity contribution >= 4 is 5.91 Å². The molecule has 1 aromatic rings. The first kappa shape index (κ1) is 24.5. The fourth-order valence-corrected chi connectivity index (χ4v) is 3.76. The number of amides is 1. The van der Waals surface area contributed by atoms with E-state index in [1.165, 1.54) is 12.0 Å². The normalized spacial score (nSPS) is 18.6. The zero-order valence-corrected chi connectivity index (χ0v) is 19.4. The van der Waals surface area contributed by atoms with Crippen LogP contribution in [0.4, 0.5) is 0 Å². The Hall–Kier alpha value is -2.79. The van der Waals surface area contributed by atoms with Gasteiger partial charge in [-0.25, -0.2) is 0 Å². The van der Waals surface area contributed by atoms with Crippen LogP contribution in [-0.2, 0) is 0 Å². The number of primary amides is 1. The number of nitrogens with two attached hydrogens (primary N) is 1. The highest BCUT2D eigenvalue weighted by Gasteiger charge is 2.24. The van der Waals surface area contributed by atoms with Crippen LogP contribution in [-0.4, -0.2) is 37.5 Å². The maximum Gasteiger partial charge on any atom is 0.248 e. The first-order chi connectivity index (χ1) is 15.0. The Kier molecular flexibility index (Phi) is 10.1. The van der Waals surface area contributed by atoms with Crippen molar-refractivity contribution < 1.29 is 9.53 Å². The summed E-state index contributed by atoms with van der Waals surface area (Å²) >= 11 is 0. The molecule has 0 aromatic heterocycles. The van der Waals surface area contributed by atoms with Gasteiger partial charge in [-0.3, -0.25) is 9.69 Å². The molecule has 0 aliphatic carbocycles. The maximum absolute atomic E-state index is 11.2.